The maximum Gasteiger partial charge on any atom is 0.267 e. The van der Waals surface area contributed by atoms with Crippen LogP contribution >= 0.6 is 23.6 Å². The molecule has 2 aromatic heterocycles. The number of aromatic nitrogens is 2. The van der Waals surface area contributed by atoms with Crippen LogP contribution in [0.2, 0.25) is 0 Å². The van der Waals surface area contributed by atoms with Crippen molar-refractivity contribution in [3.8, 4) is 5.69 Å². The van der Waals surface area contributed by atoms with Crippen LogP contribution in [0.3, 0.4) is 0 Å². The second kappa shape index (κ2) is 8.18. The maximum atomic E-state index is 13.2. The number of nitrogens with zero attached hydrogens (tertiary/aromatic N) is 2. The van der Waals surface area contributed by atoms with E-state index < -0.39 is 0 Å². The molecule has 4 rings (SSSR count). The van der Waals surface area contributed by atoms with E-state index in [1.54, 1.807) is 35.6 Å². The van der Waals surface area contributed by atoms with Gasteiger partial charge in [0.2, 0.25) is 0 Å². The van der Waals surface area contributed by atoms with Gasteiger partial charge in [-0.3, -0.25) is 14.4 Å². The van der Waals surface area contributed by atoms with Crippen LogP contribution < -0.4 is 10.7 Å². The van der Waals surface area contributed by atoms with E-state index in [1.807, 2.05) is 0 Å². The molecule has 0 aliphatic heterocycles. The minimum Gasteiger partial charge on any atom is -0.862 e. The van der Waals surface area contributed by atoms with Gasteiger partial charge in [0.25, 0.3) is 5.56 Å². The summed E-state index contributed by atoms with van der Waals surface area (Å²) < 4.78 is 1.91. The second-order valence-electron chi connectivity index (χ2n) is 6.13. The number of H-pyrrole nitrogens is 1. The molecule has 129 valence electrons. The third kappa shape index (κ3) is 3.69. The van der Waals surface area contributed by atoms with Gasteiger partial charge in [0, 0.05) is 56.3 Å². The molecule has 0 fully saturated rings. The Morgan fingerprint density at radius 2 is 1.96 bits per heavy atom. The van der Waals surface area contributed by atoms with Crippen molar-refractivity contribution in [1.82, 2.24) is 9.55 Å². The Kier molecular flexibility index (Phi) is 6.33. The number of rotatable bonds is 2. The fraction of sp³-hybridized carbons (Fsp3) is 0.278. The average molecular weight is 410 g/mol. The van der Waals surface area contributed by atoms with Crippen molar-refractivity contribution in [3.63, 3.8) is 0 Å². The van der Waals surface area contributed by atoms with E-state index in [0.29, 0.717) is 16.1 Å². The van der Waals surface area contributed by atoms with Crippen LogP contribution in [-0.2, 0) is 12.8 Å². The number of thiophene rings is 1. The zero-order chi connectivity index (χ0) is 17.6. The molecule has 5 nitrogen and oxygen atoms in total. The number of aromatic amines is 1. The summed E-state index contributed by atoms with van der Waals surface area (Å²) in [6, 6.07) is 6.95. The summed E-state index contributed by atoms with van der Waals surface area (Å²) in [5, 5.41) is 11.9. The molecular formula is C18H16KN3O2S2-. The van der Waals surface area contributed by atoms with Crippen molar-refractivity contribution < 1.29 is 5.11 Å². The number of benzene rings is 1. The number of hydrogen-bond donors (Lipinski definition) is 1. The summed E-state index contributed by atoms with van der Waals surface area (Å²) in [4.78, 5) is 22.4. The van der Waals surface area contributed by atoms with Crippen molar-refractivity contribution in [2.75, 3.05) is 0 Å². The van der Waals surface area contributed by atoms with Crippen LogP contribution in [0.25, 0.3) is 15.9 Å². The Morgan fingerprint density at radius 3 is 2.65 bits per heavy atom. The van der Waals surface area contributed by atoms with Gasteiger partial charge in [-0.15, -0.1) is 11.3 Å². The van der Waals surface area contributed by atoms with Crippen molar-refractivity contribution in [1.29, 1.82) is 0 Å². The minimum atomic E-state index is -0.256. The van der Waals surface area contributed by atoms with Crippen molar-refractivity contribution >= 4 is 96.7 Å². The van der Waals surface area contributed by atoms with E-state index in [4.69, 9.17) is 12.2 Å². The van der Waals surface area contributed by atoms with Gasteiger partial charge in [-0.25, -0.2) is 0 Å². The van der Waals surface area contributed by atoms with Crippen LogP contribution in [-0.4, -0.2) is 66.8 Å². The molecule has 1 aliphatic carbocycles. The summed E-state index contributed by atoms with van der Waals surface area (Å²) in [6.45, 7) is 1.41. The molecule has 0 saturated carbocycles. The normalized spacial score (nSPS) is 14.1. The molecule has 1 aromatic carbocycles. The Hall–Kier alpha value is -0.614. The van der Waals surface area contributed by atoms with Gasteiger partial charge in [-0.1, -0.05) is 0 Å². The van der Waals surface area contributed by atoms with E-state index in [2.05, 4.69) is 9.98 Å². The minimum absolute atomic E-state index is 0. The van der Waals surface area contributed by atoms with Gasteiger partial charge >= 0.3 is 0 Å². The van der Waals surface area contributed by atoms with Crippen molar-refractivity contribution in [2.24, 2.45) is 4.99 Å². The standard InChI is InChI=1S/C18H17N3O2S2.K/c1-10(22)19-11-6-8-12(9-7-11)21-17(23)15-13-4-2-3-5-14(13)25-16(15)20-18(21)24;/h6-9H,2-5H2,1H3,(H,19,22)(H,20,24);/p-1. The first-order valence-corrected chi connectivity index (χ1v) is 9.39. The van der Waals surface area contributed by atoms with Gasteiger partial charge in [0.15, 0.2) is 4.77 Å². The molecule has 8 heteroatoms. The quantitative estimate of drug-likeness (QED) is 0.306. The summed E-state index contributed by atoms with van der Waals surface area (Å²) in [7, 11) is 0. The topological polar surface area (TPSA) is 73.2 Å². The molecular weight excluding hydrogens is 393 g/mol. The van der Waals surface area contributed by atoms with E-state index in [1.165, 1.54) is 28.4 Å². The molecule has 2 heterocycles. The first-order chi connectivity index (χ1) is 12.0. The molecule has 1 radical (unpaired) electrons. The monoisotopic (exact) mass is 409 g/mol. The molecule has 0 bridgehead atoms. The van der Waals surface area contributed by atoms with E-state index in [9.17, 15) is 9.90 Å². The summed E-state index contributed by atoms with van der Waals surface area (Å²) in [6.07, 6.45) is 4.28. The van der Waals surface area contributed by atoms with Crippen molar-refractivity contribution in [2.45, 2.75) is 32.6 Å². The van der Waals surface area contributed by atoms with Crippen molar-refractivity contribution in [3.05, 3.63) is 49.8 Å². The van der Waals surface area contributed by atoms with Gasteiger partial charge in [0.05, 0.1) is 16.8 Å². The first-order valence-electron chi connectivity index (χ1n) is 8.17. The maximum absolute atomic E-state index is 13.2. The predicted molar refractivity (Wildman–Crippen MR) is 108 cm³/mol. The zero-order valence-electron chi connectivity index (χ0n) is 14.7. The zero-order valence-corrected chi connectivity index (χ0v) is 19.4. The second-order valence-corrected chi connectivity index (χ2v) is 7.62. The number of fused-ring (bicyclic) bond motifs is 3. The molecule has 26 heavy (non-hydrogen) atoms. The Morgan fingerprint density at radius 1 is 1.27 bits per heavy atom. The first kappa shape index (κ1) is 20.1. The third-order valence-electron chi connectivity index (χ3n) is 4.41. The molecule has 0 spiro atoms. The molecule has 0 saturated heterocycles. The molecule has 1 N–H and O–H groups in total. The Balaban J connectivity index is 0.00000196. The fourth-order valence-electron chi connectivity index (χ4n) is 3.33. The summed E-state index contributed by atoms with van der Waals surface area (Å²) in [5.41, 5.74) is 2.34. The van der Waals surface area contributed by atoms with Crippen LogP contribution in [0, 0.1) is 4.77 Å². The molecule has 3 aromatic rings. The number of aliphatic imine (C=N–C) groups is 1. The molecule has 0 atom stereocenters. The summed E-state index contributed by atoms with van der Waals surface area (Å²) in [5.74, 6) is -0.256. The molecule has 0 amide bonds. The SMILES string of the molecule is CC([O-])=Nc1ccc(-n2c(=S)[nH]c3sc4c(c3c2=O)CCCC4)cc1.[K]. The Bertz CT molecular complexity index is 1110. The van der Waals surface area contributed by atoms with E-state index in [-0.39, 0.29) is 62.8 Å². The molecule has 1 aliphatic rings. The van der Waals surface area contributed by atoms with Crippen LogP contribution in [0.1, 0.15) is 30.2 Å². The average Bonchev–Trinajstić information content (AvgIpc) is 2.94. The Labute approximate surface area is 202 Å². The number of nitrogens with one attached hydrogen (secondary N) is 1. The van der Waals surface area contributed by atoms with Gasteiger partial charge in [-0.2, -0.15) is 0 Å². The predicted octanol–water partition coefficient (Wildman–Crippen LogP) is 3.02. The fourth-order valence-corrected chi connectivity index (χ4v) is 4.97. The van der Waals surface area contributed by atoms with E-state index in [0.717, 1.165) is 29.5 Å². The van der Waals surface area contributed by atoms with Gasteiger partial charge < -0.3 is 10.1 Å². The molecule has 0 unspecified atom stereocenters. The van der Waals surface area contributed by atoms with Gasteiger partial charge in [0.1, 0.15) is 4.83 Å². The van der Waals surface area contributed by atoms with E-state index >= 15 is 0 Å². The van der Waals surface area contributed by atoms with Crippen LogP contribution in [0.4, 0.5) is 5.69 Å². The third-order valence-corrected chi connectivity index (χ3v) is 5.90. The smallest absolute Gasteiger partial charge is 0.267 e. The largest absolute Gasteiger partial charge is 0.862 e. The van der Waals surface area contributed by atoms with Gasteiger partial charge in [-0.05, 0) is 80.6 Å². The van der Waals surface area contributed by atoms with Crippen LogP contribution in [0.15, 0.2) is 34.1 Å². The number of hydrogen-bond acceptors (Lipinski definition) is 5. The van der Waals surface area contributed by atoms with Crippen LogP contribution in [0.5, 0.6) is 0 Å². The summed E-state index contributed by atoms with van der Waals surface area (Å²) >= 11 is 7.08. The number of aryl methyl sites for hydroxylation is 2.